The van der Waals surface area contributed by atoms with Crippen molar-refractivity contribution >= 4 is 32.9 Å². The number of nitrogens with zero attached hydrogens (tertiary/aromatic N) is 1. The molecule has 6 heteroatoms. The summed E-state index contributed by atoms with van der Waals surface area (Å²) in [6.07, 6.45) is 2.27. The van der Waals surface area contributed by atoms with Crippen LogP contribution in [0.25, 0.3) is 5.57 Å². The molecule has 28 heavy (non-hydrogen) atoms. The van der Waals surface area contributed by atoms with Crippen LogP contribution in [0.3, 0.4) is 0 Å². The van der Waals surface area contributed by atoms with Gasteiger partial charge in [0, 0.05) is 18.3 Å². The first-order valence-electron chi connectivity index (χ1n) is 9.46. The van der Waals surface area contributed by atoms with Crippen LogP contribution in [0.1, 0.15) is 31.4 Å². The molecule has 3 rings (SSSR count). The molecule has 1 aliphatic heterocycles. The van der Waals surface area contributed by atoms with Gasteiger partial charge in [-0.2, -0.15) is 0 Å². The number of nitrogens with one attached hydrogen (secondary N) is 1. The third kappa shape index (κ3) is 4.62. The van der Waals surface area contributed by atoms with Gasteiger partial charge in [-0.15, -0.1) is 0 Å². The van der Waals surface area contributed by atoms with Crippen LogP contribution >= 0.6 is 0 Å². The third-order valence-corrected chi connectivity index (χ3v) is 6.69. The number of sulfonamides is 1. The zero-order chi connectivity index (χ0) is 20.3. The Hall–Kier alpha value is -2.60. The smallest absolute Gasteiger partial charge is 0.248 e. The molecule has 2 aromatic carbocycles. The Bertz CT molecular complexity index is 975. The predicted octanol–water partition coefficient (Wildman–Crippen LogP) is 4.21. The highest BCUT2D eigenvalue weighted by molar-refractivity contribution is 7.93. The number of anilines is 2. The number of hydrogen-bond donors (Lipinski definition) is 1. The SMILES string of the molecule is Cc1ccc(/C(=C/C(=O)Nc2ccc(N3CCCS3(=O)=O)cc2)C(C)C)cc1. The van der Waals surface area contributed by atoms with Gasteiger partial charge in [0.05, 0.1) is 11.4 Å². The van der Waals surface area contributed by atoms with E-state index in [1.54, 1.807) is 30.3 Å². The van der Waals surface area contributed by atoms with Crippen LogP contribution in [-0.2, 0) is 14.8 Å². The van der Waals surface area contributed by atoms with Gasteiger partial charge >= 0.3 is 0 Å². The molecular formula is C22H26N2O3S. The van der Waals surface area contributed by atoms with E-state index in [1.165, 1.54) is 9.87 Å². The molecule has 1 amide bonds. The summed E-state index contributed by atoms with van der Waals surface area (Å²) in [5.74, 6) is 0.190. The molecule has 5 nitrogen and oxygen atoms in total. The number of hydrogen-bond acceptors (Lipinski definition) is 3. The van der Waals surface area contributed by atoms with Gasteiger partial charge in [0.15, 0.2) is 0 Å². The summed E-state index contributed by atoms with van der Waals surface area (Å²) in [5, 5.41) is 2.86. The maximum Gasteiger partial charge on any atom is 0.248 e. The lowest BCUT2D eigenvalue weighted by atomic mass is 9.94. The molecule has 0 unspecified atom stereocenters. The molecular weight excluding hydrogens is 372 g/mol. The van der Waals surface area contributed by atoms with Crippen molar-refractivity contribution in [2.45, 2.75) is 27.2 Å². The molecule has 148 valence electrons. The van der Waals surface area contributed by atoms with Crippen molar-refractivity contribution in [2.75, 3.05) is 21.9 Å². The lowest BCUT2D eigenvalue weighted by Crippen LogP contribution is -2.24. The highest BCUT2D eigenvalue weighted by atomic mass is 32.2. The topological polar surface area (TPSA) is 66.5 Å². The van der Waals surface area contributed by atoms with E-state index < -0.39 is 10.0 Å². The van der Waals surface area contributed by atoms with E-state index in [0.29, 0.717) is 24.3 Å². The minimum absolute atomic E-state index is 0.188. The number of amides is 1. The Morgan fingerprint density at radius 3 is 2.25 bits per heavy atom. The van der Waals surface area contributed by atoms with E-state index in [1.807, 2.05) is 31.2 Å². The molecule has 1 fully saturated rings. The molecule has 0 aliphatic carbocycles. The van der Waals surface area contributed by atoms with Crippen LogP contribution in [0.2, 0.25) is 0 Å². The Labute approximate surface area is 167 Å². The van der Waals surface area contributed by atoms with Crippen molar-refractivity contribution in [3.8, 4) is 0 Å². The molecule has 0 atom stereocenters. The summed E-state index contributed by atoms with van der Waals surface area (Å²) in [4.78, 5) is 12.5. The molecule has 0 spiro atoms. The molecule has 0 aromatic heterocycles. The average Bonchev–Trinajstić information content (AvgIpc) is 3.00. The van der Waals surface area contributed by atoms with Crippen LogP contribution in [0, 0.1) is 12.8 Å². The molecule has 1 N–H and O–H groups in total. The first-order valence-corrected chi connectivity index (χ1v) is 11.1. The average molecular weight is 399 g/mol. The fourth-order valence-corrected chi connectivity index (χ4v) is 4.85. The highest BCUT2D eigenvalue weighted by Gasteiger charge is 2.28. The van der Waals surface area contributed by atoms with E-state index in [9.17, 15) is 13.2 Å². The van der Waals surface area contributed by atoms with Gasteiger partial charge in [0.25, 0.3) is 0 Å². The molecule has 1 heterocycles. The summed E-state index contributed by atoms with van der Waals surface area (Å²) < 4.78 is 25.5. The Kier molecular flexibility index (Phi) is 5.89. The first kappa shape index (κ1) is 20.1. The van der Waals surface area contributed by atoms with Crippen molar-refractivity contribution in [2.24, 2.45) is 5.92 Å². The van der Waals surface area contributed by atoms with Crippen molar-refractivity contribution in [3.05, 3.63) is 65.7 Å². The number of benzene rings is 2. The maximum atomic E-state index is 12.5. The third-order valence-electron chi connectivity index (χ3n) is 4.82. The number of aryl methyl sites for hydroxylation is 1. The van der Waals surface area contributed by atoms with Crippen LogP contribution in [0.4, 0.5) is 11.4 Å². The van der Waals surface area contributed by atoms with Gasteiger partial charge in [-0.05, 0) is 54.7 Å². The summed E-state index contributed by atoms with van der Waals surface area (Å²) in [5.41, 5.74) is 4.45. The lowest BCUT2D eigenvalue weighted by Gasteiger charge is -2.17. The lowest BCUT2D eigenvalue weighted by molar-refractivity contribution is -0.111. The number of carbonyl (C=O) groups is 1. The second kappa shape index (κ2) is 8.19. The second-order valence-corrected chi connectivity index (χ2v) is 9.41. The minimum Gasteiger partial charge on any atom is -0.323 e. The molecule has 0 radical (unpaired) electrons. The Balaban J connectivity index is 1.74. The summed E-state index contributed by atoms with van der Waals surface area (Å²) in [6, 6.07) is 15.0. The van der Waals surface area contributed by atoms with E-state index in [-0.39, 0.29) is 17.6 Å². The van der Waals surface area contributed by atoms with Crippen molar-refractivity contribution in [1.29, 1.82) is 0 Å². The van der Waals surface area contributed by atoms with E-state index in [0.717, 1.165) is 11.1 Å². The van der Waals surface area contributed by atoms with Crippen LogP contribution in [-0.4, -0.2) is 26.6 Å². The van der Waals surface area contributed by atoms with E-state index >= 15 is 0 Å². The standard InChI is InChI=1S/C22H26N2O3S/c1-16(2)21(18-7-5-17(3)6-8-18)15-22(25)23-19-9-11-20(12-10-19)24-13-4-14-28(24,26)27/h5-12,15-16H,4,13-14H2,1-3H3,(H,23,25)/b21-15+. The second-order valence-electron chi connectivity index (χ2n) is 7.40. The van der Waals surface area contributed by atoms with Crippen LogP contribution < -0.4 is 9.62 Å². The summed E-state index contributed by atoms with van der Waals surface area (Å²) in [6.45, 7) is 6.66. The zero-order valence-electron chi connectivity index (χ0n) is 16.5. The zero-order valence-corrected chi connectivity index (χ0v) is 17.3. The van der Waals surface area contributed by atoms with Gasteiger partial charge in [-0.25, -0.2) is 8.42 Å². The quantitative estimate of drug-likeness (QED) is 0.767. The van der Waals surface area contributed by atoms with Crippen molar-refractivity contribution < 1.29 is 13.2 Å². The molecule has 0 bridgehead atoms. The summed E-state index contributed by atoms with van der Waals surface area (Å²) >= 11 is 0. The van der Waals surface area contributed by atoms with Gasteiger partial charge in [-0.3, -0.25) is 9.10 Å². The largest absolute Gasteiger partial charge is 0.323 e. The van der Waals surface area contributed by atoms with Crippen LogP contribution in [0.15, 0.2) is 54.6 Å². The van der Waals surface area contributed by atoms with Gasteiger partial charge < -0.3 is 5.32 Å². The summed E-state index contributed by atoms with van der Waals surface area (Å²) in [7, 11) is -3.20. The minimum atomic E-state index is -3.20. The number of carbonyl (C=O) groups excluding carboxylic acids is 1. The molecule has 2 aromatic rings. The molecule has 1 aliphatic rings. The maximum absolute atomic E-state index is 12.5. The Morgan fingerprint density at radius 2 is 1.71 bits per heavy atom. The number of allylic oxidation sites excluding steroid dienone is 1. The normalized spacial score (nSPS) is 16.4. The van der Waals surface area contributed by atoms with Gasteiger partial charge in [-0.1, -0.05) is 43.7 Å². The monoisotopic (exact) mass is 398 g/mol. The van der Waals surface area contributed by atoms with Gasteiger partial charge in [0.1, 0.15) is 0 Å². The van der Waals surface area contributed by atoms with Gasteiger partial charge in [0.2, 0.25) is 15.9 Å². The number of rotatable bonds is 5. The fourth-order valence-electron chi connectivity index (χ4n) is 3.29. The Morgan fingerprint density at radius 1 is 1.07 bits per heavy atom. The fraction of sp³-hybridized carbons (Fsp3) is 0.318. The van der Waals surface area contributed by atoms with Crippen molar-refractivity contribution in [3.63, 3.8) is 0 Å². The molecule has 1 saturated heterocycles. The molecule has 0 saturated carbocycles. The highest BCUT2D eigenvalue weighted by Crippen LogP contribution is 2.26. The first-order chi connectivity index (χ1) is 13.3. The predicted molar refractivity (Wildman–Crippen MR) is 115 cm³/mol. The van der Waals surface area contributed by atoms with E-state index in [2.05, 4.69) is 19.2 Å². The van der Waals surface area contributed by atoms with E-state index in [4.69, 9.17) is 0 Å². The van der Waals surface area contributed by atoms with Crippen LogP contribution in [0.5, 0.6) is 0 Å². The van der Waals surface area contributed by atoms with Crippen molar-refractivity contribution in [1.82, 2.24) is 0 Å².